The molecule has 5 aromatic carbocycles. The minimum Gasteiger partial charge on any atom is -0.455 e. The van der Waals surface area contributed by atoms with Crippen molar-refractivity contribution in [2.75, 3.05) is 0 Å². The van der Waals surface area contributed by atoms with E-state index in [4.69, 9.17) is 14.4 Å². The van der Waals surface area contributed by atoms with E-state index in [-0.39, 0.29) is 0 Å². The second kappa shape index (κ2) is 10.9. The van der Waals surface area contributed by atoms with Crippen LogP contribution in [0.15, 0.2) is 163 Å². The van der Waals surface area contributed by atoms with Crippen molar-refractivity contribution in [3.05, 3.63) is 158 Å². The van der Waals surface area contributed by atoms with Crippen LogP contribution in [0.5, 0.6) is 0 Å². The number of furan rings is 1. The molecule has 0 N–H and O–H groups in total. The van der Waals surface area contributed by atoms with Crippen LogP contribution in [0.1, 0.15) is 0 Å². The molecule has 0 spiro atoms. The van der Waals surface area contributed by atoms with E-state index in [0.29, 0.717) is 0 Å². The summed E-state index contributed by atoms with van der Waals surface area (Å²) in [4.78, 5) is 19.3. The molecule has 0 aliphatic heterocycles. The van der Waals surface area contributed by atoms with Crippen LogP contribution in [0, 0.1) is 0 Å². The Labute approximate surface area is 281 Å². The number of para-hydroxylation sites is 2. The molecule has 0 fully saturated rings. The molecular formula is C44H26N4O. The van der Waals surface area contributed by atoms with Crippen molar-refractivity contribution >= 4 is 54.6 Å². The van der Waals surface area contributed by atoms with Crippen molar-refractivity contribution < 1.29 is 4.42 Å². The minimum absolute atomic E-state index is 0.816. The Bertz CT molecular complexity index is 2850. The average Bonchev–Trinajstić information content (AvgIpc) is 3.56. The van der Waals surface area contributed by atoms with Crippen molar-refractivity contribution in [3.63, 3.8) is 0 Å². The number of aromatic nitrogens is 4. The van der Waals surface area contributed by atoms with Crippen LogP contribution in [0.2, 0.25) is 0 Å². The molecule has 5 heteroatoms. The number of hydrogen-bond acceptors (Lipinski definition) is 5. The summed E-state index contributed by atoms with van der Waals surface area (Å²) < 4.78 is 6.61. The highest BCUT2D eigenvalue weighted by atomic mass is 16.3. The van der Waals surface area contributed by atoms with Gasteiger partial charge in [0.1, 0.15) is 16.7 Å². The van der Waals surface area contributed by atoms with E-state index in [1.807, 2.05) is 48.9 Å². The van der Waals surface area contributed by atoms with Crippen molar-refractivity contribution in [2.24, 2.45) is 0 Å². The van der Waals surface area contributed by atoms with E-state index in [0.717, 1.165) is 99.4 Å². The molecule has 5 nitrogen and oxygen atoms in total. The Kier molecular flexibility index (Phi) is 6.11. The predicted octanol–water partition coefficient (Wildman–Crippen LogP) is 11.3. The molecular weight excluding hydrogens is 601 g/mol. The first kappa shape index (κ1) is 27.4. The highest BCUT2D eigenvalue weighted by molar-refractivity contribution is 6.24. The second-order valence-corrected chi connectivity index (χ2v) is 12.3. The molecule has 0 atom stereocenters. The lowest BCUT2D eigenvalue weighted by Gasteiger charge is -2.12. The highest BCUT2D eigenvalue weighted by Gasteiger charge is 2.19. The first-order valence-corrected chi connectivity index (χ1v) is 16.3. The van der Waals surface area contributed by atoms with Gasteiger partial charge >= 0.3 is 0 Å². The van der Waals surface area contributed by atoms with Gasteiger partial charge in [0.2, 0.25) is 0 Å². The monoisotopic (exact) mass is 626 g/mol. The minimum atomic E-state index is 0.816. The van der Waals surface area contributed by atoms with Gasteiger partial charge in [0.15, 0.2) is 0 Å². The van der Waals surface area contributed by atoms with Gasteiger partial charge in [-0.1, -0.05) is 97.1 Å². The van der Waals surface area contributed by atoms with E-state index in [1.54, 1.807) is 0 Å². The zero-order valence-corrected chi connectivity index (χ0v) is 26.2. The summed E-state index contributed by atoms with van der Waals surface area (Å²) >= 11 is 0. The lowest BCUT2D eigenvalue weighted by molar-refractivity contribution is 0.673. The zero-order valence-electron chi connectivity index (χ0n) is 26.2. The number of hydrogen-bond donors (Lipinski definition) is 0. The van der Waals surface area contributed by atoms with Crippen LogP contribution in [0.3, 0.4) is 0 Å². The summed E-state index contributed by atoms with van der Waals surface area (Å²) in [5.41, 5.74) is 12.6. The number of benzene rings is 5. The van der Waals surface area contributed by atoms with Gasteiger partial charge in [-0.25, -0.2) is 9.97 Å². The molecule has 0 saturated carbocycles. The molecule has 0 radical (unpaired) electrons. The van der Waals surface area contributed by atoms with E-state index in [1.165, 1.54) is 0 Å². The lowest BCUT2D eigenvalue weighted by atomic mass is 9.97. The fourth-order valence-electron chi connectivity index (χ4n) is 7.03. The second-order valence-electron chi connectivity index (χ2n) is 12.3. The summed E-state index contributed by atoms with van der Waals surface area (Å²) in [6.45, 7) is 0. The Morgan fingerprint density at radius 1 is 0.449 bits per heavy atom. The molecule has 0 bridgehead atoms. The van der Waals surface area contributed by atoms with E-state index in [2.05, 4.69) is 119 Å². The first-order valence-electron chi connectivity index (χ1n) is 16.3. The van der Waals surface area contributed by atoms with Gasteiger partial charge in [-0.3, -0.25) is 9.97 Å². The van der Waals surface area contributed by atoms with Gasteiger partial charge < -0.3 is 4.42 Å². The highest BCUT2D eigenvalue weighted by Crippen LogP contribution is 2.41. The van der Waals surface area contributed by atoms with Crippen LogP contribution < -0.4 is 0 Å². The van der Waals surface area contributed by atoms with Gasteiger partial charge in [0.25, 0.3) is 0 Å². The van der Waals surface area contributed by atoms with Crippen molar-refractivity contribution in [1.29, 1.82) is 0 Å². The van der Waals surface area contributed by atoms with Crippen LogP contribution in [-0.2, 0) is 0 Å². The Hall–Kier alpha value is -6.72. The van der Waals surface area contributed by atoms with E-state index < -0.39 is 0 Å². The molecule has 10 aromatic rings. The van der Waals surface area contributed by atoms with Crippen LogP contribution >= 0.6 is 0 Å². The van der Waals surface area contributed by atoms with Gasteiger partial charge in [0.05, 0.1) is 27.8 Å². The summed E-state index contributed by atoms with van der Waals surface area (Å²) in [6, 6.07) is 48.2. The summed E-state index contributed by atoms with van der Waals surface area (Å²) in [7, 11) is 0. The third-order valence-electron chi connectivity index (χ3n) is 9.44. The van der Waals surface area contributed by atoms with Gasteiger partial charge in [-0.15, -0.1) is 0 Å². The lowest BCUT2D eigenvalue weighted by Crippen LogP contribution is -1.94. The molecule has 49 heavy (non-hydrogen) atoms. The fourth-order valence-corrected chi connectivity index (χ4v) is 7.03. The topological polar surface area (TPSA) is 64.7 Å². The number of rotatable bonds is 4. The molecule has 0 saturated heterocycles. The maximum absolute atomic E-state index is 6.61. The number of pyridine rings is 4. The first-order chi connectivity index (χ1) is 24.3. The van der Waals surface area contributed by atoms with Crippen LogP contribution in [0.25, 0.3) is 99.4 Å². The average molecular weight is 627 g/mol. The SMILES string of the molecule is c1cnc2c(-c3ccc(-c4ccc5nc(-c6ccc(-c7ccncc7)cc6)c6ccc7c8ccccc8oc7c6c5n4)cc3)cccc2c1. The van der Waals surface area contributed by atoms with E-state index >= 15 is 0 Å². The van der Waals surface area contributed by atoms with Crippen molar-refractivity contribution in [3.8, 4) is 44.8 Å². The standard InChI is InChI=1S/C44H26N4O/c1-2-9-39-34(7-1)35-18-19-36-40(44(35)49-39)43-38(48-42(36)32-16-10-27(11-17-32)28-22-25-45-26-23-28)21-20-37(47-43)30-14-12-29(13-15-30)33-8-3-5-31-6-4-24-46-41(31)33/h1-26H. The third-order valence-corrected chi connectivity index (χ3v) is 9.44. The van der Waals surface area contributed by atoms with Crippen LogP contribution in [-0.4, -0.2) is 19.9 Å². The smallest absolute Gasteiger partial charge is 0.145 e. The van der Waals surface area contributed by atoms with Gasteiger partial charge in [-0.2, -0.15) is 0 Å². The van der Waals surface area contributed by atoms with E-state index in [9.17, 15) is 0 Å². The molecule has 0 aliphatic carbocycles. The molecule has 0 aliphatic rings. The molecule has 5 aromatic heterocycles. The van der Waals surface area contributed by atoms with Gasteiger partial charge in [0, 0.05) is 56.8 Å². The number of fused-ring (bicyclic) bond motifs is 8. The predicted molar refractivity (Wildman–Crippen MR) is 199 cm³/mol. The maximum Gasteiger partial charge on any atom is 0.145 e. The molecule has 10 rings (SSSR count). The Morgan fingerprint density at radius 2 is 1.18 bits per heavy atom. The van der Waals surface area contributed by atoms with Crippen LogP contribution in [0.4, 0.5) is 0 Å². The normalized spacial score (nSPS) is 11.7. The Balaban J connectivity index is 1.15. The Morgan fingerprint density at radius 3 is 2.06 bits per heavy atom. The molecule has 0 unspecified atom stereocenters. The third kappa shape index (κ3) is 4.48. The van der Waals surface area contributed by atoms with Gasteiger partial charge in [-0.05, 0) is 59.2 Å². The largest absolute Gasteiger partial charge is 0.455 e. The quantitative estimate of drug-likeness (QED) is 0.182. The fraction of sp³-hybridized carbons (Fsp3) is 0. The zero-order chi connectivity index (χ0) is 32.3. The maximum atomic E-state index is 6.61. The molecule has 228 valence electrons. The molecule has 0 amide bonds. The van der Waals surface area contributed by atoms with Crippen molar-refractivity contribution in [2.45, 2.75) is 0 Å². The number of nitrogens with zero attached hydrogens (tertiary/aromatic N) is 4. The summed E-state index contributed by atoms with van der Waals surface area (Å²) in [5.74, 6) is 0. The van der Waals surface area contributed by atoms with Crippen molar-refractivity contribution in [1.82, 2.24) is 19.9 Å². The summed E-state index contributed by atoms with van der Waals surface area (Å²) in [6.07, 6.45) is 5.48. The molecule has 5 heterocycles. The summed E-state index contributed by atoms with van der Waals surface area (Å²) in [5, 5.41) is 5.24.